The summed E-state index contributed by atoms with van der Waals surface area (Å²) < 4.78 is 5.20. The Bertz CT molecular complexity index is 407. The minimum Gasteiger partial charge on any atom is -0.444 e. The molecule has 1 amide bonds. The van der Waals surface area contributed by atoms with Crippen molar-refractivity contribution in [3.8, 4) is 0 Å². The van der Waals surface area contributed by atoms with Crippen LogP contribution in [0.4, 0.5) is 10.5 Å². The lowest BCUT2D eigenvalue weighted by Crippen LogP contribution is -2.27. The fourth-order valence-electron chi connectivity index (χ4n) is 1.70. The van der Waals surface area contributed by atoms with E-state index in [2.05, 4.69) is 24.5 Å². The number of hydrogen-bond acceptors (Lipinski definition) is 3. The van der Waals surface area contributed by atoms with Gasteiger partial charge in [0.1, 0.15) is 5.60 Å². The van der Waals surface area contributed by atoms with Crippen molar-refractivity contribution in [3.05, 3.63) is 29.8 Å². The number of anilines is 1. The molecule has 1 unspecified atom stereocenters. The number of nitrogens with one attached hydrogen (secondary N) is 2. The average Bonchev–Trinajstić information content (AvgIpc) is 2.27. The Kier molecular flexibility index (Phi) is 5.36. The van der Waals surface area contributed by atoms with Gasteiger partial charge in [0.2, 0.25) is 0 Å². The van der Waals surface area contributed by atoms with Gasteiger partial charge in [0.25, 0.3) is 0 Å². The van der Waals surface area contributed by atoms with E-state index in [4.69, 9.17) is 4.74 Å². The summed E-state index contributed by atoms with van der Waals surface area (Å²) >= 11 is 0. The normalized spacial score (nSPS) is 12.9. The molecule has 0 saturated carbocycles. The van der Waals surface area contributed by atoms with Crippen LogP contribution in [0.15, 0.2) is 24.3 Å². The maximum Gasteiger partial charge on any atom is 0.412 e. The van der Waals surface area contributed by atoms with Crippen LogP contribution in [0.2, 0.25) is 0 Å². The van der Waals surface area contributed by atoms with Crippen molar-refractivity contribution in [2.75, 3.05) is 11.9 Å². The van der Waals surface area contributed by atoms with E-state index in [1.54, 1.807) is 0 Å². The first-order valence-corrected chi connectivity index (χ1v) is 6.65. The molecule has 0 fully saturated rings. The molecule has 0 aliphatic rings. The zero-order valence-corrected chi connectivity index (χ0v) is 12.4. The molecular weight excluding hydrogens is 240 g/mol. The van der Waals surface area contributed by atoms with Gasteiger partial charge < -0.3 is 10.1 Å². The lowest BCUT2D eigenvalue weighted by Gasteiger charge is -2.20. The molecule has 1 rings (SSSR count). The van der Waals surface area contributed by atoms with Crippen LogP contribution in [0.3, 0.4) is 0 Å². The van der Waals surface area contributed by atoms with Crippen LogP contribution in [-0.4, -0.2) is 18.2 Å². The number of hydrogen-bond donors (Lipinski definition) is 2. The standard InChI is InChI=1S/C15H24N2O2/c1-6-16-11(2)12-7-9-13(10-8-12)17-14(18)19-15(3,4)5/h7-11,16H,6H2,1-5H3,(H,17,18). The topological polar surface area (TPSA) is 50.4 Å². The summed E-state index contributed by atoms with van der Waals surface area (Å²) in [7, 11) is 0. The first kappa shape index (κ1) is 15.5. The zero-order valence-electron chi connectivity index (χ0n) is 12.4. The van der Waals surface area contributed by atoms with Gasteiger partial charge in [0.05, 0.1) is 0 Å². The van der Waals surface area contributed by atoms with Crippen molar-refractivity contribution in [3.63, 3.8) is 0 Å². The third-order valence-corrected chi connectivity index (χ3v) is 2.57. The summed E-state index contributed by atoms with van der Waals surface area (Å²) in [6.45, 7) is 10.6. The van der Waals surface area contributed by atoms with E-state index in [9.17, 15) is 4.79 Å². The maximum atomic E-state index is 11.6. The fraction of sp³-hybridized carbons (Fsp3) is 0.533. The molecule has 2 N–H and O–H groups in total. The van der Waals surface area contributed by atoms with Crippen LogP contribution in [0, 0.1) is 0 Å². The van der Waals surface area contributed by atoms with E-state index in [1.165, 1.54) is 5.56 Å². The number of benzene rings is 1. The van der Waals surface area contributed by atoms with Crippen molar-refractivity contribution in [1.29, 1.82) is 0 Å². The van der Waals surface area contributed by atoms with Crippen molar-refractivity contribution in [2.24, 2.45) is 0 Å². The van der Waals surface area contributed by atoms with E-state index in [0.29, 0.717) is 6.04 Å². The molecule has 0 heterocycles. The molecule has 106 valence electrons. The Balaban J connectivity index is 2.59. The summed E-state index contributed by atoms with van der Waals surface area (Å²) in [5.74, 6) is 0. The van der Waals surface area contributed by atoms with E-state index in [-0.39, 0.29) is 0 Å². The zero-order chi connectivity index (χ0) is 14.5. The molecule has 4 heteroatoms. The molecule has 0 aromatic heterocycles. The average molecular weight is 264 g/mol. The minimum absolute atomic E-state index is 0.306. The Labute approximate surface area is 115 Å². The number of ether oxygens (including phenoxy) is 1. The molecule has 1 aromatic carbocycles. The van der Waals surface area contributed by atoms with Gasteiger partial charge in [-0.3, -0.25) is 5.32 Å². The number of carbonyl (C=O) groups excluding carboxylic acids is 1. The number of rotatable bonds is 4. The lowest BCUT2D eigenvalue weighted by atomic mass is 10.1. The van der Waals surface area contributed by atoms with Crippen LogP contribution >= 0.6 is 0 Å². The predicted molar refractivity (Wildman–Crippen MR) is 78.4 cm³/mol. The van der Waals surface area contributed by atoms with Gasteiger partial charge in [-0.1, -0.05) is 19.1 Å². The van der Waals surface area contributed by atoms with E-state index >= 15 is 0 Å². The predicted octanol–water partition coefficient (Wildman–Crippen LogP) is 3.70. The van der Waals surface area contributed by atoms with Crippen LogP contribution in [0.1, 0.15) is 46.2 Å². The fourth-order valence-corrected chi connectivity index (χ4v) is 1.70. The van der Waals surface area contributed by atoms with Gasteiger partial charge >= 0.3 is 6.09 Å². The Morgan fingerprint density at radius 2 is 1.84 bits per heavy atom. The lowest BCUT2D eigenvalue weighted by molar-refractivity contribution is 0.0636. The Morgan fingerprint density at radius 3 is 2.32 bits per heavy atom. The van der Waals surface area contributed by atoms with Crippen LogP contribution in [0.5, 0.6) is 0 Å². The van der Waals surface area contributed by atoms with E-state index < -0.39 is 11.7 Å². The molecule has 1 atom stereocenters. The monoisotopic (exact) mass is 264 g/mol. The summed E-state index contributed by atoms with van der Waals surface area (Å²) in [6.07, 6.45) is -0.431. The summed E-state index contributed by atoms with van der Waals surface area (Å²) in [4.78, 5) is 11.6. The third-order valence-electron chi connectivity index (χ3n) is 2.57. The molecule has 19 heavy (non-hydrogen) atoms. The summed E-state index contributed by atoms with van der Waals surface area (Å²) in [5, 5.41) is 6.06. The van der Waals surface area contributed by atoms with Gasteiger partial charge in [-0.2, -0.15) is 0 Å². The van der Waals surface area contributed by atoms with E-state index in [1.807, 2.05) is 45.0 Å². The van der Waals surface area contributed by atoms with Crippen LogP contribution in [0.25, 0.3) is 0 Å². The Morgan fingerprint density at radius 1 is 1.26 bits per heavy atom. The molecular formula is C15H24N2O2. The molecule has 0 radical (unpaired) electrons. The number of carbonyl (C=O) groups is 1. The third kappa shape index (κ3) is 5.75. The molecule has 0 saturated heterocycles. The smallest absolute Gasteiger partial charge is 0.412 e. The molecule has 0 aliphatic heterocycles. The first-order valence-electron chi connectivity index (χ1n) is 6.65. The second-order valence-corrected chi connectivity index (χ2v) is 5.53. The van der Waals surface area contributed by atoms with Gasteiger partial charge in [-0.15, -0.1) is 0 Å². The van der Waals surface area contributed by atoms with Gasteiger partial charge in [0.15, 0.2) is 0 Å². The largest absolute Gasteiger partial charge is 0.444 e. The second-order valence-electron chi connectivity index (χ2n) is 5.53. The van der Waals surface area contributed by atoms with Crippen molar-refractivity contribution < 1.29 is 9.53 Å². The first-order chi connectivity index (χ1) is 8.81. The van der Waals surface area contributed by atoms with Crippen molar-refractivity contribution >= 4 is 11.8 Å². The van der Waals surface area contributed by atoms with Gasteiger partial charge in [-0.05, 0) is 51.9 Å². The van der Waals surface area contributed by atoms with Crippen LogP contribution < -0.4 is 10.6 Å². The Hall–Kier alpha value is -1.55. The highest BCUT2D eigenvalue weighted by molar-refractivity contribution is 5.84. The molecule has 0 aliphatic carbocycles. The summed E-state index contributed by atoms with van der Waals surface area (Å²) in [5.41, 5.74) is 1.45. The van der Waals surface area contributed by atoms with E-state index in [0.717, 1.165) is 12.2 Å². The van der Waals surface area contributed by atoms with Crippen LogP contribution in [-0.2, 0) is 4.74 Å². The SMILES string of the molecule is CCNC(C)c1ccc(NC(=O)OC(C)(C)C)cc1. The molecule has 0 bridgehead atoms. The van der Waals surface area contributed by atoms with Crippen molar-refractivity contribution in [1.82, 2.24) is 5.32 Å². The van der Waals surface area contributed by atoms with Gasteiger partial charge in [0, 0.05) is 11.7 Å². The highest BCUT2D eigenvalue weighted by Crippen LogP contribution is 2.17. The molecule has 4 nitrogen and oxygen atoms in total. The summed E-state index contributed by atoms with van der Waals surface area (Å²) in [6, 6.07) is 8.07. The quantitative estimate of drug-likeness (QED) is 0.871. The number of amides is 1. The second kappa shape index (κ2) is 6.57. The highest BCUT2D eigenvalue weighted by atomic mass is 16.6. The highest BCUT2D eigenvalue weighted by Gasteiger charge is 2.16. The molecule has 0 spiro atoms. The minimum atomic E-state index is -0.483. The maximum absolute atomic E-state index is 11.6. The van der Waals surface area contributed by atoms with Crippen molar-refractivity contribution in [2.45, 2.75) is 46.3 Å². The molecule has 1 aromatic rings. The van der Waals surface area contributed by atoms with Gasteiger partial charge in [-0.25, -0.2) is 4.79 Å².